The van der Waals surface area contributed by atoms with Gasteiger partial charge in [-0.2, -0.15) is 0 Å². The van der Waals surface area contributed by atoms with Crippen LogP contribution in [0.25, 0.3) is 10.9 Å². The largest absolute Gasteiger partial charge is 0.443 e. The molecule has 0 radical (unpaired) electrons. The number of likely N-dealkylation sites (tertiary alicyclic amines) is 2. The number of pyridine rings is 1. The highest BCUT2D eigenvalue weighted by Crippen LogP contribution is 2.36. The minimum Gasteiger partial charge on any atom is -0.443 e. The second-order valence-electron chi connectivity index (χ2n) is 19.7. The summed E-state index contributed by atoms with van der Waals surface area (Å²) in [6.45, 7) is 15.2. The fraction of sp³-hybridized carbons (Fsp3) is 0.500. The second kappa shape index (κ2) is 18.5. The van der Waals surface area contributed by atoms with Gasteiger partial charge in [0.2, 0.25) is 5.91 Å². The molecule has 16 nitrogen and oxygen atoms in total. The zero-order chi connectivity index (χ0) is 46.2. The van der Waals surface area contributed by atoms with Crippen molar-refractivity contribution in [1.29, 1.82) is 0 Å². The van der Waals surface area contributed by atoms with E-state index in [1.165, 1.54) is 4.90 Å². The van der Waals surface area contributed by atoms with Gasteiger partial charge in [-0.15, -0.1) is 10.2 Å². The third-order valence-corrected chi connectivity index (χ3v) is 14.3. The van der Waals surface area contributed by atoms with E-state index in [1.54, 1.807) is 39.9 Å². The fourth-order valence-corrected chi connectivity index (χ4v) is 9.72. The molecule has 4 aliphatic rings. The maximum Gasteiger partial charge on any atom is 0.419 e. The van der Waals surface area contributed by atoms with Gasteiger partial charge in [0.15, 0.2) is 11.5 Å². The van der Waals surface area contributed by atoms with Crippen molar-refractivity contribution in [1.82, 2.24) is 34.4 Å². The van der Waals surface area contributed by atoms with Crippen molar-refractivity contribution in [2.24, 2.45) is 5.92 Å². The summed E-state index contributed by atoms with van der Waals surface area (Å²) in [6, 6.07) is 12.8. The standard InChI is InChI=1S/C48H59N9O7Si/c1-48(2,3)64-47(62)57-39-27-41(49-28-33(39)26-40(57)37-12-9-21-53(37)4)50-44(59)36-15-17-42(52-51-36)54-22-19-31(20-23-54)13-14-32-10-8-11-34-35(32)29-55(45(34)60)38-16-18-43(58)56(46(38)61)30-63-24-25-65(5,6)7/h8,10-11,15,17,26-28,31,37-38H,9,12,16,18-25,29-30H2,1-7H3,(H,49,50,59)/t37-,38?/m1/s1. The van der Waals surface area contributed by atoms with Crippen LogP contribution in [0.2, 0.25) is 25.7 Å². The number of imide groups is 1. The summed E-state index contributed by atoms with van der Waals surface area (Å²) in [5, 5.41) is 12.2. The Morgan fingerprint density at radius 2 is 1.74 bits per heavy atom. The van der Waals surface area contributed by atoms with Crippen LogP contribution in [0.3, 0.4) is 0 Å². The lowest BCUT2D eigenvalue weighted by molar-refractivity contribution is -0.158. The summed E-state index contributed by atoms with van der Waals surface area (Å²) < 4.78 is 13.2. The molecule has 0 aliphatic carbocycles. The molecule has 1 N–H and O–H groups in total. The van der Waals surface area contributed by atoms with Crippen molar-refractivity contribution < 1.29 is 33.4 Å². The molecule has 3 saturated heterocycles. The van der Waals surface area contributed by atoms with E-state index in [2.05, 4.69) is 68.8 Å². The third-order valence-electron chi connectivity index (χ3n) is 12.6. The van der Waals surface area contributed by atoms with Crippen molar-refractivity contribution >= 4 is 60.3 Å². The number of amides is 4. The van der Waals surface area contributed by atoms with E-state index in [0.717, 1.165) is 60.5 Å². The highest BCUT2D eigenvalue weighted by Gasteiger charge is 2.43. The number of aromatic nitrogens is 4. The predicted octanol–water partition coefficient (Wildman–Crippen LogP) is 6.68. The van der Waals surface area contributed by atoms with Crippen LogP contribution in [0.1, 0.15) is 103 Å². The molecule has 0 bridgehead atoms. The maximum absolute atomic E-state index is 13.7. The van der Waals surface area contributed by atoms with Crippen LogP contribution in [0.5, 0.6) is 0 Å². The van der Waals surface area contributed by atoms with Gasteiger partial charge in [0.05, 0.1) is 11.6 Å². The maximum atomic E-state index is 13.7. The smallest absolute Gasteiger partial charge is 0.419 e. The first kappa shape index (κ1) is 45.6. The lowest BCUT2D eigenvalue weighted by atomic mass is 9.96. The van der Waals surface area contributed by atoms with Crippen LogP contribution in [0.4, 0.5) is 16.4 Å². The molecule has 0 spiro atoms. The molecule has 3 fully saturated rings. The van der Waals surface area contributed by atoms with Crippen molar-refractivity contribution in [2.75, 3.05) is 50.2 Å². The molecule has 342 valence electrons. The van der Waals surface area contributed by atoms with Gasteiger partial charge < -0.3 is 24.6 Å². The van der Waals surface area contributed by atoms with Gasteiger partial charge in [-0.05, 0) is 108 Å². The van der Waals surface area contributed by atoms with E-state index in [4.69, 9.17) is 9.47 Å². The van der Waals surface area contributed by atoms with Crippen molar-refractivity contribution in [2.45, 2.75) is 109 Å². The minimum atomic E-state index is -1.34. The van der Waals surface area contributed by atoms with E-state index >= 15 is 0 Å². The summed E-state index contributed by atoms with van der Waals surface area (Å²) in [4.78, 5) is 78.5. The Morgan fingerprint density at radius 3 is 2.43 bits per heavy atom. The fourth-order valence-electron chi connectivity index (χ4n) is 8.96. The Morgan fingerprint density at radius 1 is 0.954 bits per heavy atom. The van der Waals surface area contributed by atoms with Gasteiger partial charge in [-0.1, -0.05) is 37.5 Å². The number of carbonyl (C=O) groups excluding carboxylic acids is 5. The summed E-state index contributed by atoms with van der Waals surface area (Å²) in [5.74, 6) is 6.47. The van der Waals surface area contributed by atoms with Crippen molar-refractivity contribution in [3.8, 4) is 11.8 Å². The number of rotatable bonds is 10. The Bertz CT molecular complexity index is 2560. The van der Waals surface area contributed by atoms with E-state index in [9.17, 15) is 24.0 Å². The number of nitrogens with zero attached hydrogens (tertiary/aromatic N) is 8. The monoisotopic (exact) mass is 901 g/mol. The normalized spacial score (nSPS) is 19.7. The quantitative estimate of drug-likeness (QED) is 0.0776. The zero-order valence-corrected chi connectivity index (χ0v) is 39.5. The average molecular weight is 902 g/mol. The summed E-state index contributed by atoms with van der Waals surface area (Å²) >= 11 is 0. The Kier molecular flexibility index (Phi) is 13.0. The van der Waals surface area contributed by atoms with Gasteiger partial charge in [0.25, 0.3) is 17.7 Å². The number of hydrogen-bond donors (Lipinski definition) is 1. The van der Waals surface area contributed by atoms with Crippen molar-refractivity contribution in [3.63, 3.8) is 0 Å². The second-order valence-corrected chi connectivity index (χ2v) is 25.4. The molecular formula is C48H59N9O7Si. The molecule has 17 heteroatoms. The minimum absolute atomic E-state index is 0.0516. The van der Waals surface area contributed by atoms with Gasteiger partial charge >= 0.3 is 6.09 Å². The van der Waals surface area contributed by atoms with Crippen LogP contribution in [-0.4, -0.2) is 124 Å². The van der Waals surface area contributed by atoms with E-state index in [0.29, 0.717) is 36.6 Å². The van der Waals surface area contributed by atoms with Crippen LogP contribution in [-0.2, 0) is 25.6 Å². The molecule has 4 amide bonds. The molecule has 1 unspecified atom stereocenters. The van der Waals surface area contributed by atoms with Gasteiger partial charge in [-0.3, -0.25) is 29.0 Å². The first-order valence-electron chi connectivity index (χ1n) is 22.7. The van der Waals surface area contributed by atoms with Crippen LogP contribution in [0, 0.1) is 17.8 Å². The van der Waals surface area contributed by atoms with E-state index < -0.39 is 37.6 Å². The Labute approximate surface area is 381 Å². The molecule has 2 atom stereocenters. The lowest BCUT2D eigenvalue weighted by Gasteiger charge is -2.35. The number of piperidine rings is 2. The number of ether oxygens (including phenoxy) is 2. The SMILES string of the molecule is CN1CCC[C@@H]1c1cc2cnc(NC(=O)c3ccc(N4CCC(C#Cc5cccc6c5CN(C5CCC(=O)N(COCC[Si](C)(C)C)C5=O)C6=O)CC4)nn3)cc2n1C(=O)OC(C)(C)C. The number of hydrogen-bond acceptors (Lipinski definition) is 12. The number of anilines is 2. The van der Waals surface area contributed by atoms with Crippen LogP contribution < -0.4 is 10.2 Å². The number of carbonyl (C=O) groups is 5. The zero-order valence-electron chi connectivity index (χ0n) is 38.5. The van der Waals surface area contributed by atoms with Gasteiger partial charge in [0.1, 0.15) is 24.2 Å². The molecule has 4 aromatic rings. The van der Waals surface area contributed by atoms with E-state index in [1.807, 2.05) is 39.0 Å². The highest BCUT2D eigenvalue weighted by atomic mass is 28.3. The number of benzene rings is 1. The molecule has 7 heterocycles. The lowest BCUT2D eigenvalue weighted by Crippen LogP contribution is -2.55. The molecule has 65 heavy (non-hydrogen) atoms. The summed E-state index contributed by atoms with van der Waals surface area (Å²) in [5.41, 5.74) is 2.96. The first-order chi connectivity index (χ1) is 30.9. The first-order valence-corrected chi connectivity index (χ1v) is 26.4. The topological polar surface area (TPSA) is 172 Å². The van der Waals surface area contributed by atoms with E-state index in [-0.39, 0.29) is 61.4 Å². The molecular weight excluding hydrogens is 843 g/mol. The van der Waals surface area contributed by atoms with Gasteiger partial charge in [0, 0.05) is 81.1 Å². The Hall–Kier alpha value is -5.96. The van der Waals surface area contributed by atoms with Crippen LogP contribution in [0.15, 0.2) is 48.7 Å². The molecule has 1 aromatic carbocycles. The third kappa shape index (κ3) is 10.1. The van der Waals surface area contributed by atoms with Gasteiger partial charge in [-0.25, -0.2) is 14.3 Å². The number of nitrogens with one attached hydrogen (secondary N) is 1. The summed E-state index contributed by atoms with van der Waals surface area (Å²) in [7, 11) is 0.715. The predicted molar refractivity (Wildman–Crippen MR) is 248 cm³/mol. The molecule has 4 aliphatic heterocycles. The average Bonchev–Trinajstić information content (AvgIpc) is 3.96. The molecule has 3 aromatic heterocycles. The molecule has 8 rings (SSSR count). The number of fused-ring (bicyclic) bond motifs is 2. The van der Waals surface area contributed by atoms with Crippen molar-refractivity contribution in [3.05, 3.63) is 76.7 Å². The summed E-state index contributed by atoms with van der Waals surface area (Å²) in [6.07, 6.45) is 5.15. The Balaban J connectivity index is 0.872. The van der Waals surface area contributed by atoms with Crippen LogP contribution >= 0.6 is 0 Å². The molecule has 0 saturated carbocycles. The highest BCUT2D eigenvalue weighted by molar-refractivity contribution is 6.76.